The first-order valence-electron chi connectivity index (χ1n) is 10.4. The summed E-state index contributed by atoms with van der Waals surface area (Å²) < 4.78 is 13.2. The molecule has 3 fully saturated rings. The van der Waals surface area contributed by atoms with Crippen LogP contribution in [0.2, 0.25) is 0 Å². The van der Waals surface area contributed by atoms with Gasteiger partial charge in [-0.05, 0) is 50.2 Å². The van der Waals surface area contributed by atoms with Crippen molar-refractivity contribution in [1.29, 1.82) is 0 Å². The molecule has 3 heterocycles. The second-order valence-electron chi connectivity index (χ2n) is 8.62. The highest BCUT2D eigenvalue weighted by molar-refractivity contribution is 6.03. The Kier molecular flexibility index (Phi) is 4.80. The number of aryl methyl sites for hydroxylation is 1. The molecule has 2 aliphatic carbocycles. The van der Waals surface area contributed by atoms with E-state index in [0.29, 0.717) is 24.0 Å². The number of amides is 1. The Morgan fingerprint density at radius 2 is 2.07 bits per heavy atom. The average molecular weight is 407 g/mol. The molecule has 2 aromatic rings. The monoisotopic (exact) mass is 407 g/mol. The van der Waals surface area contributed by atoms with Crippen molar-refractivity contribution < 1.29 is 14.3 Å². The van der Waals surface area contributed by atoms with E-state index < -0.39 is 0 Å². The maximum Gasteiger partial charge on any atom is 0.281 e. The van der Waals surface area contributed by atoms with Gasteiger partial charge in [0, 0.05) is 18.4 Å². The van der Waals surface area contributed by atoms with E-state index in [2.05, 4.69) is 27.1 Å². The van der Waals surface area contributed by atoms with E-state index in [-0.39, 0.29) is 23.3 Å². The van der Waals surface area contributed by atoms with Crippen LogP contribution in [0.15, 0.2) is 18.3 Å². The summed E-state index contributed by atoms with van der Waals surface area (Å²) in [6, 6.07) is 3.75. The van der Waals surface area contributed by atoms with Crippen LogP contribution in [0.25, 0.3) is 0 Å². The normalized spacial score (nSPS) is 19.9. The van der Waals surface area contributed by atoms with E-state index in [0.717, 1.165) is 31.6 Å². The molecule has 1 saturated heterocycles. The van der Waals surface area contributed by atoms with Crippen molar-refractivity contribution in [2.24, 2.45) is 11.3 Å². The molecule has 30 heavy (non-hydrogen) atoms. The lowest BCUT2D eigenvalue weighted by Gasteiger charge is -2.29. The van der Waals surface area contributed by atoms with E-state index in [1.165, 1.54) is 17.7 Å². The van der Waals surface area contributed by atoms with Gasteiger partial charge < -0.3 is 9.47 Å². The first-order valence-corrected chi connectivity index (χ1v) is 10.4. The minimum absolute atomic E-state index is 0.250. The lowest BCUT2D eigenvalue weighted by atomic mass is 10.1. The number of hydrogen-bond donors (Lipinski definition) is 0. The zero-order chi connectivity index (χ0) is 20.7. The van der Waals surface area contributed by atoms with Crippen molar-refractivity contribution >= 4 is 11.7 Å². The molecule has 3 aliphatic rings. The number of carbonyl (C=O) groups excluding carboxylic acids is 1. The zero-order valence-electron chi connectivity index (χ0n) is 17.3. The number of nitrogens with zero attached hydrogens (tertiary/aromatic N) is 5. The van der Waals surface area contributed by atoms with Crippen molar-refractivity contribution in [3.8, 4) is 11.8 Å². The molecule has 0 unspecified atom stereocenters. The molecule has 5 rings (SSSR count). The quantitative estimate of drug-likeness (QED) is 0.723. The van der Waals surface area contributed by atoms with E-state index in [9.17, 15) is 4.79 Å². The largest absolute Gasteiger partial charge is 0.350 e. The van der Waals surface area contributed by atoms with Crippen LogP contribution in [0.4, 0.5) is 5.82 Å². The average Bonchev–Trinajstić information content (AvgIpc) is 3.68. The number of anilines is 1. The molecule has 1 spiro atoms. The SMILES string of the molecule is Cc1ccc(N(C)C(=O)c2cn(CC3OCC4(CC4)CO3)nn2)nc1C#CC1CC1. The molecular formula is C22H25N5O3. The van der Waals surface area contributed by atoms with E-state index in [1.54, 1.807) is 17.9 Å². The fourth-order valence-corrected chi connectivity index (χ4v) is 3.34. The fraction of sp³-hybridized carbons (Fsp3) is 0.545. The van der Waals surface area contributed by atoms with Gasteiger partial charge in [0.05, 0.1) is 26.0 Å². The third-order valence-electron chi connectivity index (χ3n) is 5.90. The van der Waals surface area contributed by atoms with Gasteiger partial charge in [0.2, 0.25) is 0 Å². The topological polar surface area (TPSA) is 82.4 Å². The Bertz CT molecular complexity index is 1020. The number of rotatable bonds is 4. The Morgan fingerprint density at radius 3 is 2.77 bits per heavy atom. The van der Waals surface area contributed by atoms with Crippen molar-refractivity contribution in [2.45, 2.75) is 45.4 Å². The summed E-state index contributed by atoms with van der Waals surface area (Å²) in [7, 11) is 1.68. The molecule has 2 saturated carbocycles. The first-order chi connectivity index (χ1) is 14.5. The zero-order valence-corrected chi connectivity index (χ0v) is 17.3. The molecule has 2 aromatic heterocycles. The van der Waals surface area contributed by atoms with Gasteiger partial charge in [-0.2, -0.15) is 0 Å². The van der Waals surface area contributed by atoms with Crippen molar-refractivity contribution in [2.75, 3.05) is 25.2 Å². The summed E-state index contributed by atoms with van der Waals surface area (Å²) in [5.74, 6) is 7.13. The van der Waals surface area contributed by atoms with Crippen LogP contribution in [0, 0.1) is 30.1 Å². The molecule has 1 amide bonds. The van der Waals surface area contributed by atoms with Crippen molar-refractivity contribution in [3.63, 3.8) is 0 Å². The Labute approximate surface area is 175 Å². The molecule has 1 aliphatic heterocycles. The maximum atomic E-state index is 12.9. The van der Waals surface area contributed by atoms with Crippen LogP contribution in [-0.4, -0.2) is 52.4 Å². The lowest BCUT2D eigenvalue weighted by Crippen LogP contribution is -2.36. The Morgan fingerprint density at radius 1 is 1.30 bits per heavy atom. The van der Waals surface area contributed by atoms with Gasteiger partial charge in [0.25, 0.3) is 5.91 Å². The van der Waals surface area contributed by atoms with Crippen LogP contribution in [0.3, 0.4) is 0 Å². The smallest absolute Gasteiger partial charge is 0.281 e. The van der Waals surface area contributed by atoms with Gasteiger partial charge in [-0.1, -0.05) is 17.2 Å². The highest BCUT2D eigenvalue weighted by atomic mass is 16.7. The number of aromatic nitrogens is 4. The second-order valence-corrected chi connectivity index (χ2v) is 8.62. The number of carbonyl (C=O) groups is 1. The predicted octanol–water partition coefficient (Wildman–Crippen LogP) is 2.17. The molecule has 0 bridgehead atoms. The predicted molar refractivity (Wildman–Crippen MR) is 109 cm³/mol. The maximum absolute atomic E-state index is 12.9. The molecule has 156 valence electrons. The number of pyridine rings is 1. The van der Waals surface area contributed by atoms with E-state index >= 15 is 0 Å². The summed E-state index contributed by atoms with van der Waals surface area (Å²) in [5, 5.41) is 8.10. The molecule has 0 atom stereocenters. The summed E-state index contributed by atoms with van der Waals surface area (Å²) in [4.78, 5) is 18.9. The van der Waals surface area contributed by atoms with Gasteiger partial charge in [-0.3, -0.25) is 9.69 Å². The summed E-state index contributed by atoms with van der Waals surface area (Å²) in [6.45, 7) is 3.84. The number of ether oxygens (including phenoxy) is 2. The van der Waals surface area contributed by atoms with Crippen LogP contribution < -0.4 is 4.90 Å². The third-order valence-corrected chi connectivity index (χ3v) is 5.90. The van der Waals surface area contributed by atoms with Gasteiger partial charge in [-0.15, -0.1) is 5.10 Å². The minimum atomic E-state index is -0.357. The first kappa shape index (κ1) is 19.2. The molecule has 0 radical (unpaired) electrons. The van der Waals surface area contributed by atoms with Gasteiger partial charge in [-0.25, -0.2) is 9.67 Å². The third kappa shape index (κ3) is 4.09. The second kappa shape index (κ2) is 7.49. The summed E-state index contributed by atoms with van der Waals surface area (Å²) >= 11 is 0. The minimum Gasteiger partial charge on any atom is -0.350 e. The van der Waals surface area contributed by atoms with Crippen LogP contribution in [-0.2, 0) is 16.0 Å². The van der Waals surface area contributed by atoms with Gasteiger partial charge >= 0.3 is 0 Å². The van der Waals surface area contributed by atoms with Crippen LogP contribution >= 0.6 is 0 Å². The van der Waals surface area contributed by atoms with Gasteiger partial charge in [0.1, 0.15) is 11.5 Å². The van der Waals surface area contributed by atoms with Gasteiger partial charge in [0.15, 0.2) is 12.0 Å². The van der Waals surface area contributed by atoms with Crippen molar-refractivity contribution in [1.82, 2.24) is 20.0 Å². The Balaban J connectivity index is 1.24. The van der Waals surface area contributed by atoms with Crippen molar-refractivity contribution in [3.05, 3.63) is 35.3 Å². The molecule has 0 aromatic carbocycles. The molecular weight excluding hydrogens is 382 g/mol. The summed E-state index contributed by atoms with van der Waals surface area (Å²) in [5.41, 5.74) is 2.22. The fourth-order valence-electron chi connectivity index (χ4n) is 3.34. The highest BCUT2D eigenvalue weighted by Crippen LogP contribution is 2.48. The van der Waals surface area contributed by atoms with Crippen LogP contribution in [0.1, 0.15) is 47.4 Å². The Hall–Kier alpha value is -2.76. The number of hydrogen-bond acceptors (Lipinski definition) is 6. The standard InChI is InChI=1S/C22H25N5O3/c1-15-3-8-19(23-17(15)7-6-16-4-5-16)26(2)21(28)18-11-27(25-24-18)12-20-29-13-22(9-10-22)14-30-20/h3,8,11,16,20H,4-5,9-10,12-14H2,1-2H3. The summed E-state index contributed by atoms with van der Waals surface area (Å²) in [6.07, 6.45) is 5.94. The van der Waals surface area contributed by atoms with Crippen LogP contribution in [0.5, 0.6) is 0 Å². The molecule has 0 N–H and O–H groups in total. The van der Waals surface area contributed by atoms with E-state index in [1.807, 2.05) is 19.1 Å². The molecule has 8 nitrogen and oxygen atoms in total. The highest BCUT2D eigenvalue weighted by Gasteiger charge is 2.47. The van der Waals surface area contributed by atoms with E-state index in [4.69, 9.17) is 9.47 Å². The molecule has 8 heteroatoms. The lowest BCUT2D eigenvalue weighted by molar-refractivity contribution is -0.213.